The summed E-state index contributed by atoms with van der Waals surface area (Å²) in [4.78, 5) is 12.2. The van der Waals surface area contributed by atoms with Gasteiger partial charge in [0, 0.05) is 16.8 Å². The largest absolute Gasteiger partial charge is 0.496 e. The van der Waals surface area contributed by atoms with Gasteiger partial charge in [-0.05, 0) is 55.5 Å². The van der Waals surface area contributed by atoms with Crippen molar-refractivity contribution in [1.29, 1.82) is 0 Å². The Hall–Kier alpha value is -2.60. The first-order valence-corrected chi connectivity index (χ1v) is 9.12. The quantitative estimate of drug-likeness (QED) is 0.644. The number of ether oxygens (including phenoxy) is 1. The summed E-state index contributed by atoms with van der Waals surface area (Å²) in [5.74, 6) is 0.516. The van der Waals surface area contributed by atoms with Gasteiger partial charge in [-0.15, -0.1) is 0 Å². The minimum Gasteiger partial charge on any atom is -0.496 e. The first-order chi connectivity index (χ1) is 11.3. The van der Waals surface area contributed by atoms with E-state index in [0.717, 1.165) is 17.4 Å². The molecule has 24 heavy (non-hydrogen) atoms. The summed E-state index contributed by atoms with van der Waals surface area (Å²) in [6.07, 6.45) is 4.25. The second-order valence-electron chi connectivity index (χ2n) is 5.39. The van der Waals surface area contributed by atoms with Crippen LogP contribution in [0.3, 0.4) is 0 Å². The van der Waals surface area contributed by atoms with Crippen LogP contribution >= 0.6 is 0 Å². The maximum Gasteiger partial charge on any atom is 0.229 e. The van der Waals surface area contributed by atoms with Crippen LogP contribution in [0.15, 0.2) is 48.5 Å². The lowest BCUT2D eigenvalue weighted by molar-refractivity contribution is 0.104. The van der Waals surface area contributed by atoms with Gasteiger partial charge in [0.1, 0.15) is 5.75 Å². The van der Waals surface area contributed by atoms with Crippen molar-refractivity contribution in [3.63, 3.8) is 0 Å². The lowest BCUT2D eigenvalue weighted by Crippen LogP contribution is -2.09. The Balaban J connectivity index is 2.16. The van der Waals surface area contributed by atoms with Gasteiger partial charge in [0.15, 0.2) is 5.78 Å². The summed E-state index contributed by atoms with van der Waals surface area (Å²) < 4.78 is 30.0. The van der Waals surface area contributed by atoms with Gasteiger partial charge in [-0.3, -0.25) is 9.52 Å². The Bertz CT molecular complexity index is 868. The van der Waals surface area contributed by atoms with Gasteiger partial charge in [-0.2, -0.15) is 0 Å². The number of nitrogens with one attached hydrogen (secondary N) is 1. The number of ketones is 1. The maximum absolute atomic E-state index is 12.2. The van der Waals surface area contributed by atoms with Gasteiger partial charge in [0.2, 0.25) is 10.0 Å². The molecule has 5 nitrogen and oxygen atoms in total. The fraction of sp³-hybridized carbons (Fsp3) is 0.167. The molecular formula is C18H19NO4S. The molecule has 0 atom stereocenters. The predicted molar refractivity (Wildman–Crippen MR) is 96.0 cm³/mol. The van der Waals surface area contributed by atoms with Crippen LogP contribution in [0.4, 0.5) is 5.69 Å². The molecule has 0 saturated carbocycles. The molecule has 2 aromatic carbocycles. The van der Waals surface area contributed by atoms with Gasteiger partial charge in [-0.25, -0.2) is 8.42 Å². The average Bonchev–Trinajstić information content (AvgIpc) is 2.52. The zero-order valence-electron chi connectivity index (χ0n) is 13.7. The van der Waals surface area contributed by atoms with Gasteiger partial charge in [-0.1, -0.05) is 11.6 Å². The van der Waals surface area contributed by atoms with Crippen molar-refractivity contribution < 1.29 is 17.9 Å². The molecule has 0 aliphatic rings. The Morgan fingerprint density at radius 1 is 1.12 bits per heavy atom. The van der Waals surface area contributed by atoms with E-state index in [4.69, 9.17) is 4.74 Å². The molecule has 0 aliphatic heterocycles. The molecule has 0 aliphatic carbocycles. The number of methoxy groups -OCH3 is 1. The number of rotatable bonds is 6. The molecule has 1 N–H and O–H groups in total. The van der Waals surface area contributed by atoms with Crippen molar-refractivity contribution in [1.82, 2.24) is 0 Å². The number of hydrogen-bond donors (Lipinski definition) is 1. The summed E-state index contributed by atoms with van der Waals surface area (Å²) in [6.45, 7) is 1.96. The zero-order valence-corrected chi connectivity index (χ0v) is 14.6. The molecule has 0 heterocycles. The fourth-order valence-electron chi connectivity index (χ4n) is 2.16. The minimum atomic E-state index is -3.33. The van der Waals surface area contributed by atoms with Crippen LogP contribution in [0.5, 0.6) is 5.75 Å². The van der Waals surface area contributed by atoms with Crippen molar-refractivity contribution in [2.24, 2.45) is 0 Å². The summed E-state index contributed by atoms with van der Waals surface area (Å²) in [7, 11) is -1.75. The lowest BCUT2D eigenvalue weighted by Gasteiger charge is -2.06. The van der Waals surface area contributed by atoms with Crippen molar-refractivity contribution in [3.05, 3.63) is 65.2 Å². The van der Waals surface area contributed by atoms with E-state index in [1.54, 1.807) is 37.5 Å². The molecule has 0 unspecified atom stereocenters. The molecule has 0 bridgehead atoms. The van der Waals surface area contributed by atoms with Crippen LogP contribution in [0.1, 0.15) is 21.5 Å². The van der Waals surface area contributed by atoms with Gasteiger partial charge < -0.3 is 4.74 Å². The van der Waals surface area contributed by atoms with E-state index in [1.165, 1.54) is 6.08 Å². The van der Waals surface area contributed by atoms with Crippen LogP contribution in [0.2, 0.25) is 0 Å². The van der Waals surface area contributed by atoms with Crippen molar-refractivity contribution in [3.8, 4) is 5.75 Å². The number of sulfonamides is 1. The summed E-state index contributed by atoms with van der Waals surface area (Å²) in [6, 6.07) is 12.0. The third-order valence-electron chi connectivity index (χ3n) is 3.27. The summed E-state index contributed by atoms with van der Waals surface area (Å²) >= 11 is 0. The maximum atomic E-state index is 12.2. The number of carbonyl (C=O) groups is 1. The molecule has 0 amide bonds. The van der Waals surface area contributed by atoms with Crippen molar-refractivity contribution >= 4 is 27.6 Å². The highest BCUT2D eigenvalue weighted by atomic mass is 32.2. The molecular weight excluding hydrogens is 326 g/mol. The highest BCUT2D eigenvalue weighted by molar-refractivity contribution is 7.92. The minimum absolute atomic E-state index is 0.176. The molecule has 0 radical (unpaired) electrons. The number of benzene rings is 2. The van der Waals surface area contributed by atoms with E-state index < -0.39 is 10.0 Å². The van der Waals surface area contributed by atoms with Crippen LogP contribution in [0, 0.1) is 6.92 Å². The van der Waals surface area contributed by atoms with E-state index in [0.29, 0.717) is 17.0 Å². The second kappa shape index (κ2) is 7.31. The average molecular weight is 345 g/mol. The highest BCUT2D eigenvalue weighted by Gasteiger charge is 2.06. The predicted octanol–water partition coefficient (Wildman–Crippen LogP) is 3.27. The highest BCUT2D eigenvalue weighted by Crippen LogP contribution is 2.21. The molecule has 126 valence electrons. The van der Waals surface area contributed by atoms with Crippen LogP contribution in [-0.4, -0.2) is 27.6 Å². The van der Waals surface area contributed by atoms with Crippen molar-refractivity contribution in [2.45, 2.75) is 6.92 Å². The fourth-order valence-corrected chi connectivity index (χ4v) is 2.73. The molecule has 6 heteroatoms. The Labute approximate surface area is 142 Å². The van der Waals surface area contributed by atoms with Crippen LogP contribution in [0.25, 0.3) is 6.08 Å². The molecule has 0 aromatic heterocycles. The number of aryl methyl sites for hydroxylation is 1. The SMILES string of the molecule is COc1ccc(C)cc1/C=C/C(=O)c1ccc(NS(C)(=O)=O)cc1. The van der Waals surface area contributed by atoms with E-state index in [1.807, 2.05) is 25.1 Å². The number of anilines is 1. The van der Waals surface area contributed by atoms with Crippen LogP contribution < -0.4 is 9.46 Å². The van der Waals surface area contributed by atoms with Crippen LogP contribution in [-0.2, 0) is 10.0 Å². The Kier molecular flexibility index (Phi) is 5.41. The lowest BCUT2D eigenvalue weighted by atomic mass is 10.1. The molecule has 0 spiro atoms. The molecule has 0 fully saturated rings. The normalized spacial score (nSPS) is 11.5. The van der Waals surface area contributed by atoms with E-state index in [9.17, 15) is 13.2 Å². The Morgan fingerprint density at radius 2 is 1.79 bits per heavy atom. The smallest absolute Gasteiger partial charge is 0.229 e. The zero-order chi connectivity index (χ0) is 17.7. The standard InChI is InChI=1S/C18H19NO4S/c1-13-4-11-18(23-2)15(12-13)7-10-17(20)14-5-8-16(9-6-14)19-24(3,21)22/h4-12,19H,1-3H3/b10-7+. The number of carbonyl (C=O) groups excluding carboxylic acids is 1. The van der Waals surface area contributed by atoms with Gasteiger partial charge in [0.25, 0.3) is 0 Å². The van der Waals surface area contributed by atoms with Gasteiger partial charge >= 0.3 is 0 Å². The second-order valence-corrected chi connectivity index (χ2v) is 7.14. The van der Waals surface area contributed by atoms with Crippen molar-refractivity contribution in [2.75, 3.05) is 18.1 Å². The van der Waals surface area contributed by atoms with E-state index in [-0.39, 0.29) is 5.78 Å². The van der Waals surface area contributed by atoms with E-state index >= 15 is 0 Å². The topological polar surface area (TPSA) is 72.5 Å². The third-order valence-corrected chi connectivity index (χ3v) is 3.88. The van der Waals surface area contributed by atoms with E-state index in [2.05, 4.69) is 4.72 Å². The molecule has 2 rings (SSSR count). The number of hydrogen-bond acceptors (Lipinski definition) is 4. The monoisotopic (exact) mass is 345 g/mol. The number of allylic oxidation sites excluding steroid dienone is 1. The first kappa shape index (κ1) is 17.7. The third kappa shape index (κ3) is 4.96. The first-order valence-electron chi connectivity index (χ1n) is 7.23. The van der Waals surface area contributed by atoms with Gasteiger partial charge in [0.05, 0.1) is 13.4 Å². The summed E-state index contributed by atoms with van der Waals surface area (Å²) in [5.41, 5.74) is 2.77. The molecule has 0 saturated heterocycles. The Morgan fingerprint density at radius 3 is 2.38 bits per heavy atom. The molecule has 2 aromatic rings. The summed E-state index contributed by atoms with van der Waals surface area (Å²) in [5, 5.41) is 0.